The van der Waals surface area contributed by atoms with Gasteiger partial charge in [0, 0.05) is 10.7 Å². The SMILES string of the molecule is CCC(CBr)(CCc1ccsc1)c1ccccc1. The topological polar surface area (TPSA) is 0 Å². The molecule has 0 spiro atoms. The summed E-state index contributed by atoms with van der Waals surface area (Å²) in [5.41, 5.74) is 3.19. The van der Waals surface area contributed by atoms with Gasteiger partial charge in [0.1, 0.15) is 0 Å². The molecule has 1 aromatic carbocycles. The third-order valence-corrected chi connectivity index (χ3v) is 5.60. The summed E-state index contributed by atoms with van der Waals surface area (Å²) in [6.07, 6.45) is 3.54. The van der Waals surface area contributed by atoms with Crippen LogP contribution in [0.5, 0.6) is 0 Å². The van der Waals surface area contributed by atoms with Crippen LogP contribution in [0.1, 0.15) is 30.9 Å². The zero-order valence-corrected chi connectivity index (χ0v) is 13.1. The molecule has 2 rings (SSSR count). The Bertz CT molecular complexity index is 443. The molecule has 0 nitrogen and oxygen atoms in total. The van der Waals surface area contributed by atoms with E-state index < -0.39 is 0 Å². The van der Waals surface area contributed by atoms with Crippen LogP contribution < -0.4 is 0 Å². The molecule has 1 atom stereocenters. The molecule has 18 heavy (non-hydrogen) atoms. The molecule has 0 saturated heterocycles. The number of halogens is 1. The van der Waals surface area contributed by atoms with Gasteiger partial charge >= 0.3 is 0 Å². The molecule has 0 aliphatic carbocycles. The van der Waals surface area contributed by atoms with Gasteiger partial charge in [-0.05, 0) is 47.2 Å². The Hall–Kier alpha value is -0.600. The van der Waals surface area contributed by atoms with E-state index in [2.05, 4.69) is 70.0 Å². The number of hydrogen-bond donors (Lipinski definition) is 0. The van der Waals surface area contributed by atoms with Crippen LogP contribution in [0.15, 0.2) is 47.2 Å². The highest BCUT2D eigenvalue weighted by Crippen LogP contribution is 2.35. The summed E-state index contributed by atoms with van der Waals surface area (Å²) in [5, 5.41) is 5.46. The van der Waals surface area contributed by atoms with Crippen LogP contribution in [-0.4, -0.2) is 5.33 Å². The van der Waals surface area contributed by atoms with Crippen molar-refractivity contribution >= 4 is 27.3 Å². The van der Waals surface area contributed by atoms with Gasteiger partial charge in [-0.2, -0.15) is 11.3 Å². The van der Waals surface area contributed by atoms with Crippen molar-refractivity contribution in [2.75, 3.05) is 5.33 Å². The highest BCUT2D eigenvalue weighted by molar-refractivity contribution is 9.09. The Balaban J connectivity index is 2.16. The van der Waals surface area contributed by atoms with E-state index in [1.165, 1.54) is 24.0 Å². The van der Waals surface area contributed by atoms with Crippen molar-refractivity contribution in [3.05, 3.63) is 58.3 Å². The van der Waals surface area contributed by atoms with Gasteiger partial charge in [0.05, 0.1) is 0 Å². The largest absolute Gasteiger partial charge is 0.152 e. The van der Waals surface area contributed by atoms with Crippen molar-refractivity contribution in [3.63, 3.8) is 0 Å². The Morgan fingerprint density at radius 2 is 1.94 bits per heavy atom. The lowest BCUT2D eigenvalue weighted by Gasteiger charge is -2.31. The summed E-state index contributed by atoms with van der Waals surface area (Å²) in [5.74, 6) is 0. The van der Waals surface area contributed by atoms with Crippen LogP contribution in [0.3, 0.4) is 0 Å². The molecule has 0 fully saturated rings. The normalized spacial score (nSPS) is 14.3. The van der Waals surface area contributed by atoms with Crippen LogP contribution in [-0.2, 0) is 11.8 Å². The first kappa shape index (κ1) is 13.8. The zero-order valence-electron chi connectivity index (χ0n) is 10.7. The van der Waals surface area contributed by atoms with Crippen LogP contribution in [0.4, 0.5) is 0 Å². The molecule has 0 saturated carbocycles. The maximum Gasteiger partial charge on any atom is 0.0129 e. The van der Waals surface area contributed by atoms with Gasteiger partial charge in [0.25, 0.3) is 0 Å². The van der Waals surface area contributed by atoms with Crippen molar-refractivity contribution in [2.45, 2.75) is 31.6 Å². The van der Waals surface area contributed by atoms with Crippen LogP contribution in [0.2, 0.25) is 0 Å². The molecule has 0 amide bonds. The van der Waals surface area contributed by atoms with Crippen molar-refractivity contribution < 1.29 is 0 Å². The molecule has 2 aromatic rings. The maximum atomic E-state index is 3.74. The Labute approximate surface area is 122 Å². The Morgan fingerprint density at radius 1 is 1.17 bits per heavy atom. The number of rotatable bonds is 6. The molecule has 0 aliphatic heterocycles. The average molecular weight is 323 g/mol. The Kier molecular flexibility index (Phi) is 5.02. The average Bonchev–Trinajstić information content (AvgIpc) is 2.95. The lowest BCUT2D eigenvalue weighted by molar-refractivity contribution is 0.430. The first-order valence-corrected chi connectivity index (χ1v) is 8.50. The molecular formula is C16H19BrS. The molecule has 96 valence electrons. The molecule has 1 unspecified atom stereocenters. The summed E-state index contributed by atoms with van der Waals surface area (Å²) in [6.45, 7) is 2.29. The van der Waals surface area contributed by atoms with E-state index in [-0.39, 0.29) is 5.41 Å². The first-order chi connectivity index (χ1) is 8.80. The minimum absolute atomic E-state index is 0.267. The standard InChI is InChI=1S/C16H19BrS/c1-2-16(13-17,15-6-4-3-5-7-15)10-8-14-9-11-18-12-14/h3-7,9,11-12H,2,8,10,13H2,1H3. The summed E-state index contributed by atoms with van der Waals surface area (Å²) < 4.78 is 0. The third-order valence-electron chi connectivity index (χ3n) is 3.79. The van der Waals surface area contributed by atoms with E-state index in [0.29, 0.717) is 0 Å². The zero-order chi connectivity index (χ0) is 12.8. The smallest absolute Gasteiger partial charge is 0.0129 e. The lowest BCUT2D eigenvalue weighted by Crippen LogP contribution is -2.28. The molecule has 0 N–H and O–H groups in total. The van der Waals surface area contributed by atoms with Gasteiger partial charge in [0.15, 0.2) is 0 Å². The first-order valence-electron chi connectivity index (χ1n) is 6.43. The fourth-order valence-electron chi connectivity index (χ4n) is 2.37. The van der Waals surface area contributed by atoms with Gasteiger partial charge in [-0.15, -0.1) is 0 Å². The van der Waals surface area contributed by atoms with E-state index in [9.17, 15) is 0 Å². The fourth-order valence-corrected chi connectivity index (χ4v) is 4.08. The molecule has 1 heterocycles. The quantitative estimate of drug-likeness (QED) is 0.622. The van der Waals surface area contributed by atoms with Crippen molar-refractivity contribution in [3.8, 4) is 0 Å². The van der Waals surface area contributed by atoms with Crippen LogP contribution in [0.25, 0.3) is 0 Å². The molecular weight excluding hydrogens is 304 g/mol. The van der Waals surface area contributed by atoms with Gasteiger partial charge in [0.2, 0.25) is 0 Å². The monoisotopic (exact) mass is 322 g/mol. The minimum atomic E-state index is 0.267. The van der Waals surface area contributed by atoms with Crippen molar-refractivity contribution in [2.24, 2.45) is 0 Å². The van der Waals surface area contributed by atoms with E-state index in [1.807, 2.05) is 0 Å². The number of thiophene rings is 1. The summed E-state index contributed by atoms with van der Waals surface area (Å²) >= 11 is 5.53. The molecule has 0 bridgehead atoms. The van der Waals surface area contributed by atoms with Crippen LogP contribution >= 0.6 is 27.3 Å². The predicted octanol–water partition coefficient (Wildman–Crippen LogP) is 5.42. The Morgan fingerprint density at radius 3 is 2.50 bits per heavy atom. The molecule has 2 heteroatoms. The molecule has 0 radical (unpaired) electrons. The van der Waals surface area contributed by atoms with Crippen molar-refractivity contribution in [1.82, 2.24) is 0 Å². The number of hydrogen-bond acceptors (Lipinski definition) is 1. The van der Waals surface area contributed by atoms with E-state index >= 15 is 0 Å². The van der Waals surface area contributed by atoms with E-state index in [0.717, 1.165) is 11.8 Å². The number of aryl methyl sites for hydroxylation is 1. The molecule has 0 aliphatic rings. The van der Waals surface area contributed by atoms with Crippen molar-refractivity contribution in [1.29, 1.82) is 0 Å². The highest BCUT2D eigenvalue weighted by Gasteiger charge is 2.28. The number of alkyl halides is 1. The van der Waals surface area contributed by atoms with Gasteiger partial charge < -0.3 is 0 Å². The lowest BCUT2D eigenvalue weighted by atomic mass is 9.76. The van der Waals surface area contributed by atoms with E-state index in [1.54, 1.807) is 11.3 Å². The van der Waals surface area contributed by atoms with Gasteiger partial charge in [-0.1, -0.05) is 53.2 Å². The van der Waals surface area contributed by atoms with Gasteiger partial charge in [-0.25, -0.2) is 0 Å². The van der Waals surface area contributed by atoms with Gasteiger partial charge in [-0.3, -0.25) is 0 Å². The minimum Gasteiger partial charge on any atom is -0.152 e. The van der Waals surface area contributed by atoms with Crippen LogP contribution in [0, 0.1) is 0 Å². The molecule has 1 aromatic heterocycles. The summed E-state index contributed by atoms with van der Waals surface area (Å²) in [4.78, 5) is 0. The maximum absolute atomic E-state index is 3.74. The summed E-state index contributed by atoms with van der Waals surface area (Å²) in [7, 11) is 0. The fraction of sp³-hybridized carbons (Fsp3) is 0.375. The second kappa shape index (κ2) is 6.53. The van der Waals surface area contributed by atoms with E-state index in [4.69, 9.17) is 0 Å². The predicted molar refractivity (Wildman–Crippen MR) is 84.8 cm³/mol. The third kappa shape index (κ3) is 3.04. The second-order valence-electron chi connectivity index (χ2n) is 4.77. The number of benzene rings is 1. The summed E-state index contributed by atoms with van der Waals surface area (Å²) in [6, 6.07) is 13.2. The highest BCUT2D eigenvalue weighted by atomic mass is 79.9. The second-order valence-corrected chi connectivity index (χ2v) is 6.11.